The Hall–Kier alpha value is 0.900. The van der Waals surface area contributed by atoms with Crippen LogP contribution in [0.1, 0.15) is 64.2 Å². The van der Waals surface area contributed by atoms with E-state index in [1.54, 1.807) is 23.5 Å². The number of carboxylic acid groups (broad SMARTS) is 2. The largest absolute Gasteiger partial charge is 2.00 e. The molecule has 0 aromatic heterocycles. The minimum absolute atomic E-state index is 0. The number of hydrogen-bond acceptors (Lipinski definition) is 6. The normalized spacial score (nSPS) is 18.1. The van der Waals surface area contributed by atoms with Crippen LogP contribution in [0.3, 0.4) is 0 Å². The fourth-order valence-corrected chi connectivity index (χ4v) is 5.30. The summed E-state index contributed by atoms with van der Waals surface area (Å²) in [5.41, 5.74) is 0. The van der Waals surface area contributed by atoms with Gasteiger partial charge in [-0.2, -0.15) is 23.5 Å². The number of carbonyl (C=O) groups excluding carboxylic acids is 2. The maximum Gasteiger partial charge on any atom is 2.00 e. The first-order chi connectivity index (χ1) is 10.6. The standard InChI is InChI=1S/2C8H14O2S.Ca/c2*9-8(10)5-6-11-7-3-1-2-4-7;/h2*7H,1-6H2,(H,9,10);/q;;+2/p-2. The topological polar surface area (TPSA) is 80.3 Å². The van der Waals surface area contributed by atoms with Crippen molar-refractivity contribution >= 4 is 73.2 Å². The molecule has 0 heterocycles. The van der Waals surface area contributed by atoms with Gasteiger partial charge in [0.1, 0.15) is 0 Å². The van der Waals surface area contributed by atoms with Crippen molar-refractivity contribution in [3.63, 3.8) is 0 Å². The molecule has 0 aromatic carbocycles. The van der Waals surface area contributed by atoms with Crippen LogP contribution in [0.15, 0.2) is 0 Å². The fourth-order valence-electron chi connectivity index (χ4n) is 2.73. The van der Waals surface area contributed by atoms with Crippen LogP contribution < -0.4 is 10.2 Å². The molecular formula is C16H26CaO4S2. The van der Waals surface area contributed by atoms with E-state index in [9.17, 15) is 19.8 Å². The van der Waals surface area contributed by atoms with E-state index in [0.717, 1.165) is 22.0 Å². The molecular weight excluding hydrogens is 360 g/mol. The van der Waals surface area contributed by atoms with E-state index in [0.29, 0.717) is 0 Å². The van der Waals surface area contributed by atoms with Gasteiger partial charge >= 0.3 is 37.7 Å². The number of aliphatic carboxylic acids is 2. The molecule has 0 aliphatic heterocycles. The van der Waals surface area contributed by atoms with Crippen molar-refractivity contribution in [2.24, 2.45) is 0 Å². The Balaban J connectivity index is 0.000000403. The summed E-state index contributed by atoms with van der Waals surface area (Å²) < 4.78 is 0. The van der Waals surface area contributed by atoms with Crippen LogP contribution in [0, 0.1) is 0 Å². The van der Waals surface area contributed by atoms with Crippen LogP contribution in [0.25, 0.3) is 0 Å². The van der Waals surface area contributed by atoms with Gasteiger partial charge in [-0.15, -0.1) is 0 Å². The van der Waals surface area contributed by atoms with Crippen LogP contribution >= 0.6 is 23.5 Å². The Morgan fingerprint density at radius 3 is 1.30 bits per heavy atom. The summed E-state index contributed by atoms with van der Waals surface area (Å²) in [4.78, 5) is 20.1. The Kier molecular flexibility index (Phi) is 15.8. The van der Waals surface area contributed by atoms with Gasteiger partial charge < -0.3 is 19.8 Å². The third kappa shape index (κ3) is 13.8. The zero-order chi connectivity index (χ0) is 16.2. The average Bonchev–Trinajstić information content (AvgIpc) is 3.11. The van der Waals surface area contributed by atoms with E-state index < -0.39 is 11.9 Å². The predicted molar refractivity (Wildman–Crippen MR) is 94.4 cm³/mol. The molecule has 0 atom stereocenters. The van der Waals surface area contributed by atoms with E-state index in [1.807, 2.05) is 0 Å². The Labute approximate surface area is 177 Å². The van der Waals surface area contributed by atoms with Crippen LogP contribution in [-0.2, 0) is 9.59 Å². The molecule has 7 heteroatoms. The summed E-state index contributed by atoms with van der Waals surface area (Å²) in [5.74, 6) is -0.383. The van der Waals surface area contributed by atoms with E-state index >= 15 is 0 Å². The third-order valence-electron chi connectivity index (χ3n) is 3.92. The third-order valence-corrected chi connectivity index (χ3v) is 6.69. The monoisotopic (exact) mass is 386 g/mol. The molecule has 0 amide bonds. The zero-order valence-corrected chi connectivity index (χ0v) is 17.6. The van der Waals surface area contributed by atoms with Crippen molar-refractivity contribution in [3.05, 3.63) is 0 Å². The summed E-state index contributed by atoms with van der Waals surface area (Å²) in [6.45, 7) is 0. The van der Waals surface area contributed by atoms with Gasteiger partial charge in [-0.05, 0) is 50.0 Å². The van der Waals surface area contributed by atoms with E-state index in [1.165, 1.54) is 51.4 Å². The number of rotatable bonds is 8. The van der Waals surface area contributed by atoms with Crippen molar-refractivity contribution in [2.45, 2.75) is 74.7 Å². The first kappa shape index (κ1) is 23.9. The minimum atomic E-state index is -0.921. The molecule has 0 bridgehead atoms. The average molecular weight is 387 g/mol. The van der Waals surface area contributed by atoms with Gasteiger partial charge in [0, 0.05) is 22.4 Å². The van der Waals surface area contributed by atoms with Crippen molar-refractivity contribution in [1.29, 1.82) is 0 Å². The van der Waals surface area contributed by atoms with Crippen molar-refractivity contribution in [3.8, 4) is 0 Å². The van der Waals surface area contributed by atoms with Crippen LogP contribution in [0.4, 0.5) is 0 Å². The number of hydrogen-bond donors (Lipinski definition) is 0. The number of thioether (sulfide) groups is 2. The maximum atomic E-state index is 10.0. The molecule has 2 rings (SSSR count). The van der Waals surface area contributed by atoms with E-state index in [-0.39, 0.29) is 50.6 Å². The first-order valence-electron chi connectivity index (χ1n) is 8.21. The van der Waals surface area contributed by atoms with E-state index in [2.05, 4.69) is 0 Å². The Bertz CT molecular complexity index is 298. The molecule has 0 N–H and O–H groups in total. The van der Waals surface area contributed by atoms with Gasteiger partial charge in [0.15, 0.2) is 0 Å². The molecule has 4 nitrogen and oxygen atoms in total. The van der Waals surface area contributed by atoms with Crippen LogP contribution in [0.2, 0.25) is 0 Å². The van der Waals surface area contributed by atoms with Crippen LogP contribution in [-0.4, -0.2) is 71.7 Å². The maximum absolute atomic E-state index is 10.0. The fraction of sp³-hybridized carbons (Fsp3) is 0.875. The van der Waals surface area contributed by atoms with Gasteiger partial charge in [0.2, 0.25) is 0 Å². The van der Waals surface area contributed by atoms with Gasteiger partial charge in [-0.3, -0.25) is 0 Å². The second-order valence-corrected chi connectivity index (χ2v) is 8.62. The second-order valence-electron chi connectivity index (χ2n) is 5.80. The molecule has 128 valence electrons. The Morgan fingerprint density at radius 2 is 1.04 bits per heavy atom. The van der Waals surface area contributed by atoms with Gasteiger partial charge in [0.25, 0.3) is 0 Å². The quantitative estimate of drug-likeness (QED) is 0.584. The Morgan fingerprint density at radius 1 is 0.739 bits per heavy atom. The SMILES string of the molecule is O=C([O-])CCSC1CCCC1.O=C([O-])CCSC1CCCC1.[Ca+2]. The first-order valence-corrected chi connectivity index (χ1v) is 10.3. The summed E-state index contributed by atoms with van der Waals surface area (Å²) in [7, 11) is 0. The van der Waals surface area contributed by atoms with E-state index in [4.69, 9.17) is 0 Å². The van der Waals surface area contributed by atoms with Crippen molar-refractivity contribution in [2.75, 3.05) is 11.5 Å². The molecule has 0 saturated heterocycles. The molecule has 0 aromatic rings. The van der Waals surface area contributed by atoms with Crippen LogP contribution in [0.5, 0.6) is 0 Å². The van der Waals surface area contributed by atoms with Gasteiger partial charge in [-0.25, -0.2) is 0 Å². The molecule has 0 radical (unpaired) electrons. The molecule has 2 aliphatic carbocycles. The van der Waals surface area contributed by atoms with Crippen molar-refractivity contribution in [1.82, 2.24) is 0 Å². The molecule has 2 aliphatic rings. The minimum Gasteiger partial charge on any atom is -0.550 e. The van der Waals surface area contributed by atoms with Gasteiger partial charge in [0.05, 0.1) is 0 Å². The summed E-state index contributed by atoms with van der Waals surface area (Å²) in [6.07, 6.45) is 10.8. The predicted octanol–water partition coefficient (Wildman–Crippen LogP) is 1.22. The summed E-state index contributed by atoms with van der Waals surface area (Å²) in [5, 5.41) is 21.6. The molecule has 2 saturated carbocycles. The molecule has 0 unspecified atom stereocenters. The summed E-state index contributed by atoms with van der Waals surface area (Å²) in [6, 6.07) is 0. The molecule has 2 fully saturated rings. The molecule has 23 heavy (non-hydrogen) atoms. The second kappa shape index (κ2) is 15.2. The zero-order valence-electron chi connectivity index (χ0n) is 13.8. The smallest absolute Gasteiger partial charge is 0.550 e. The number of carbonyl (C=O) groups is 2. The van der Waals surface area contributed by atoms with Gasteiger partial charge in [-0.1, -0.05) is 25.7 Å². The number of carboxylic acids is 2. The van der Waals surface area contributed by atoms with Crippen molar-refractivity contribution < 1.29 is 19.8 Å². The summed E-state index contributed by atoms with van der Waals surface area (Å²) >= 11 is 3.58. The molecule has 0 spiro atoms.